The first-order valence-electron chi connectivity index (χ1n) is 4.79. The maximum Gasteiger partial charge on any atom is 0.168 e. The molecule has 0 amide bonds. The Bertz CT molecular complexity index is 565. The smallest absolute Gasteiger partial charge is 0.168 e. The van der Waals surface area contributed by atoms with Crippen molar-refractivity contribution in [3.8, 4) is 0 Å². The fourth-order valence-electron chi connectivity index (χ4n) is 1.38. The van der Waals surface area contributed by atoms with Crippen LogP contribution in [0.25, 0.3) is 0 Å². The lowest BCUT2D eigenvalue weighted by Crippen LogP contribution is -2.02. The summed E-state index contributed by atoms with van der Waals surface area (Å²) in [5.41, 5.74) is 0.398. The summed E-state index contributed by atoms with van der Waals surface area (Å²) < 4.78 is 14.6. The van der Waals surface area contributed by atoms with Gasteiger partial charge in [-0.15, -0.1) is 11.3 Å². The number of halogens is 3. The van der Waals surface area contributed by atoms with E-state index in [1.807, 2.05) is 12.1 Å². The van der Waals surface area contributed by atoms with Crippen LogP contribution >= 0.6 is 43.2 Å². The van der Waals surface area contributed by atoms with E-state index in [1.165, 1.54) is 17.4 Å². The molecule has 2 rings (SSSR count). The molecule has 0 bridgehead atoms. The molecule has 0 atom stereocenters. The van der Waals surface area contributed by atoms with Crippen LogP contribution in [-0.2, 0) is 6.42 Å². The molecule has 0 spiro atoms. The number of rotatable bonds is 3. The molecule has 0 fully saturated rings. The second kappa shape index (κ2) is 5.42. The molecule has 0 unspecified atom stereocenters. The molecule has 0 N–H and O–H groups in total. The molecule has 0 aliphatic rings. The summed E-state index contributed by atoms with van der Waals surface area (Å²) in [6.45, 7) is 0. The third-order valence-electron chi connectivity index (χ3n) is 2.21. The summed E-state index contributed by atoms with van der Waals surface area (Å²) in [6.07, 6.45) is 0.303. The molecule has 5 heteroatoms. The minimum Gasteiger partial charge on any atom is -0.294 e. The van der Waals surface area contributed by atoms with E-state index in [9.17, 15) is 9.18 Å². The van der Waals surface area contributed by atoms with E-state index >= 15 is 0 Å². The van der Waals surface area contributed by atoms with Crippen LogP contribution in [0.2, 0.25) is 0 Å². The van der Waals surface area contributed by atoms with E-state index in [0.717, 1.165) is 8.66 Å². The van der Waals surface area contributed by atoms with Crippen molar-refractivity contribution in [3.05, 3.63) is 54.8 Å². The van der Waals surface area contributed by atoms with Gasteiger partial charge < -0.3 is 0 Å². The molecular weight excluding hydrogens is 371 g/mol. The van der Waals surface area contributed by atoms with Crippen molar-refractivity contribution in [2.75, 3.05) is 0 Å². The third-order valence-corrected chi connectivity index (χ3v) is 4.47. The van der Waals surface area contributed by atoms with Gasteiger partial charge in [0.05, 0.1) is 8.26 Å². The van der Waals surface area contributed by atoms with Crippen LogP contribution in [0, 0.1) is 5.82 Å². The van der Waals surface area contributed by atoms with Gasteiger partial charge in [-0.3, -0.25) is 4.79 Å². The number of ketones is 1. The first-order valence-corrected chi connectivity index (χ1v) is 7.19. The van der Waals surface area contributed by atoms with Crippen molar-refractivity contribution in [3.63, 3.8) is 0 Å². The highest BCUT2D eigenvalue weighted by Gasteiger charge is 2.10. The summed E-state index contributed by atoms with van der Waals surface area (Å²) in [6, 6.07) is 8.22. The average molecular weight is 378 g/mol. The Labute approximate surface area is 119 Å². The fraction of sp³-hybridized carbons (Fsp3) is 0.0833. The minimum absolute atomic E-state index is 0.0780. The SMILES string of the molecule is O=C(Cc1ccc(Br)s1)c1ccc(Br)c(F)c1. The van der Waals surface area contributed by atoms with Crippen LogP contribution in [0.1, 0.15) is 15.2 Å². The maximum atomic E-state index is 13.3. The van der Waals surface area contributed by atoms with Gasteiger partial charge in [0.2, 0.25) is 0 Å². The van der Waals surface area contributed by atoms with Crippen LogP contribution in [-0.4, -0.2) is 5.78 Å². The average Bonchev–Trinajstić information content (AvgIpc) is 2.68. The minimum atomic E-state index is -0.414. The highest BCUT2D eigenvalue weighted by atomic mass is 79.9. The van der Waals surface area contributed by atoms with Gasteiger partial charge in [-0.05, 0) is 56.1 Å². The van der Waals surface area contributed by atoms with Crippen LogP contribution in [0.3, 0.4) is 0 Å². The van der Waals surface area contributed by atoms with Crippen LogP contribution in [0.5, 0.6) is 0 Å². The number of Topliss-reactive ketones (excluding diaryl/α,β-unsaturated/α-hetero) is 1. The van der Waals surface area contributed by atoms with Gasteiger partial charge in [-0.25, -0.2) is 4.39 Å². The van der Waals surface area contributed by atoms with Gasteiger partial charge in [0.25, 0.3) is 0 Å². The van der Waals surface area contributed by atoms with Crippen molar-refractivity contribution < 1.29 is 9.18 Å². The molecule has 1 aromatic heterocycles. The molecule has 0 saturated heterocycles. The predicted molar refractivity (Wildman–Crippen MR) is 74.2 cm³/mol. The Morgan fingerprint density at radius 1 is 1.24 bits per heavy atom. The zero-order valence-corrected chi connectivity index (χ0v) is 12.5. The zero-order valence-electron chi connectivity index (χ0n) is 8.54. The molecule has 0 aliphatic carbocycles. The van der Waals surface area contributed by atoms with E-state index < -0.39 is 5.82 Å². The van der Waals surface area contributed by atoms with E-state index in [1.54, 1.807) is 12.1 Å². The maximum absolute atomic E-state index is 13.3. The van der Waals surface area contributed by atoms with Crippen molar-refractivity contribution in [1.82, 2.24) is 0 Å². The Hall–Kier alpha value is -0.520. The summed E-state index contributed by atoms with van der Waals surface area (Å²) >= 11 is 7.91. The van der Waals surface area contributed by atoms with Gasteiger partial charge in [0, 0.05) is 16.9 Å². The normalized spacial score (nSPS) is 10.5. The van der Waals surface area contributed by atoms with E-state index in [2.05, 4.69) is 31.9 Å². The first-order chi connectivity index (χ1) is 8.06. The molecule has 1 heterocycles. The van der Waals surface area contributed by atoms with Crippen molar-refractivity contribution >= 4 is 49.0 Å². The van der Waals surface area contributed by atoms with Gasteiger partial charge in [0.15, 0.2) is 5.78 Å². The van der Waals surface area contributed by atoms with Gasteiger partial charge in [0.1, 0.15) is 5.82 Å². The molecule has 0 saturated carbocycles. The second-order valence-corrected chi connectivity index (χ2v) is 6.84. The molecule has 88 valence electrons. The van der Waals surface area contributed by atoms with Crippen molar-refractivity contribution in [2.24, 2.45) is 0 Å². The zero-order chi connectivity index (χ0) is 12.4. The summed E-state index contributed by atoms with van der Waals surface area (Å²) in [5.74, 6) is -0.492. The van der Waals surface area contributed by atoms with Gasteiger partial charge >= 0.3 is 0 Å². The topological polar surface area (TPSA) is 17.1 Å². The number of carbonyl (C=O) groups excluding carboxylic acids is 1. The van der Waals surface area contributed by atoms with Crippen LogP contribution in [0.15, 0.2) is 38.6 Å². The molecule has 0 radical (unpaired) electrons. The number of thiophene rings is 1. The largest absolute Gasteiger partial charge is 0.294 e. The van der Waals surface area contributed by atoms with Crippen molar-refractivity contribution in [1.29, 1.82) is 0 Å². The number of benzene rings is 1. The number of hydrogen-bond acceptors (Lipinski definition) is 2. The van der Waals surface area contributed by atoms with E-state index in [4.69, 9.17) is 0 Å². The van der Waals surface area contributed by atoms with Crippen LogP contribution < -0.4 is 0 Å². The Kier molecular flexibility index (Phi) is 4.12. The molecule has 17 heavy (non-hydrogen) atoms. The third kappa shape index (κ3) is 3.24. The standard InChI is InChI=1S/C12H7Br2FOS/c13-9-3-1-7(5-10(9)15)11(16)6-8-2-4-12(14)17-8/h1-5H,6H2. The highest BCUT2D eigenvalue weighted by molar-refractivity contribution is 9.11. The Morgan fingerprint density at radius 3 is 2.59 bits per heavy atom. The lowest BCUT2D eigenvalue weighted by Gasteiger charge is -2.00. The van der Waals surface area contributed by atoms with Gasteiger partial charge in [-0.2, -0.15) is 0 Å². The number of hydrogen-bond donors (Lipinski definition) is 0. The lowest BCUT2D eigenvalue weighted by atomic mass is 10.1. The second-order valence-electron chi connectivity index (χ2n) is 3.43. The summed E-state index contributed by atoms with van der Waals surface area (Å²) in [5, 5.41) is 0. The van der Waals surface area contributed by atoms with E-state index in [-0.39, 0.29) is 5.78 Å². The van der Waals surface area contributed by atoms with E-state index in [0.29, 0.717) is 16.5 Å². The first kappa shape index (κ1) is 12.9. The molecule has 2 aromatic rings. The van der Waals surface area contributed by atoms with Crippen LogP contribution in [0.4, 0.5) is 4.39 Å². The highest BCUT2D eigenvalue weighted by Crippen LogP contribution is 2.24. The number of carbonyl (C=O) groups is 1. The summed E-state index contributed by atoms with van der Waals surface area (Å²) in [4.78, 5) is 12.9. The molecular formula is C12H7Br2FOS. The fourth-order valence-corrected chi connectivity index (χ4v) is 3.11. The Balaban J connectivity index is 2.17. The lowest BCUT2D eigenvalue weighted by molar-refractivity contribution is 0.0993. The monoisotopic (exact) mass is 376 g/mol. The predicted octanol–water partition coefficient (Wildman–Crippen LogP) is 4.84. The quantitative estimate of drug-likeness (QED) is 0.699. The summed E-state index contributed by atoms with van der Waals surface area (Å²) in [7, 11) is 0. The Morgan fingerprint density at radius 2 is 2.00 bits per heavy atom. The van der Waals surface area contributed by atoms with Crippen molar-refractivity contribution in [2.45, 2.75) is 6.42 Å². The molecule has 1 aromatic carbocycles. The van der Waals surface area contributed by atoms with Gasteiger partial charge in [-0.1, -0.05) is 6.07 Å². The molecule has 1 nitrogen and oxygen atoms in total. The molecule has 0 aliphatic heterocycles.